The lowest BCUT2D eigenvalue weighted by Gasteiger charge is -2.14. The maximum Gasteiger partial charge on any atom is 0.0661 e. The van der Waals surface area contributed by atoms with E-state index < -0.39 is 0 Å². The maximum atomic E-state index is 5.03. The van der Waals surface area contributed by atoms with Crippen molar-refractivity contribution in [2.45, 2.75) is 13.0 Å². The number of anilines is 2. The normalized spacial score (nSPS) is 12.2. The maximum absolute atomic E-state index is 5.03. The van der Waals surface area contributed by atoms with Gasteiger partial charge in [0.1, 0.15) is 0 Å². The van der Waals surface area contributed by atoms with Crippen LogP contribution in [0.2, 0.25) is 0 Å². The van der Waals surface area contributed by atoms with Crippen molar-refractivity contribution in [3.05, 3.63) is 18.5 Å². The summed E-state index contributed by atoms with van der Waals surface area (Å²) >= 11 is 0. The quantitative estimate of drug-likeness (QED) is 0.748. The molecule has 0 bridgehead atoms. The van der Waals surface area contributed by atoms with Gasteiger partial charge in [0.25, 0.3) is 0 Å². The van der Waals surface area contributed by atoms with Gasteiger partial charge in [-0.3, -0.25) is 4.98 Å². The molecule has 0 spiro atoms. The second-order valence-electron chi connectivity index (χ2n) is 3.21. The molecule has 4 nitrogen and oxygen atoms in total. The zero-order chi connectivity index (χ0) is 10.4. The second-order valence-corrected chi connectivity index (χ2v) is 3.21. The first-order valence-electron chi connectivity index (χ1n) is 4.64. The number of hydrogen-bond donors (Lipinski definition) is 2. The van der Waals surface area contributed by atoms with E-state index in [1.807, 2.05) is 13.1 Å². The summed E-state index contributed by atoms with van der Waals surface area (Å²) < 4.78 is 5.03. The van der Waals surface area contributed by atoms with Gasteiger partial charge >= 0.3 is 0 Å². The van der Waals surface area contributed by atoms with Gasteiger partial charge in [0.15, 0.2) is 0 Å². The van der Waals surface area contributed by atoms with Crippen LogP contribution < -0.4 is 10.6 Å². The number of rotatable bonds is 5. The van der Waals surface area contributed by atoms with Crippen molar-refractivity contribution in [3.63, 3.8) is 0 Å². The van der Waals surface area contributed by atoms with Crippen LogP contribution in [0.1, 0.15) is 6.92 Å². The number of hydrogen-bond acceptors (Lipinski definition) is 4. The number of nitrogens with one attached hydrogen (secondary N) is 2. The van der Waals surface area contributed by atoms with Crippen molar-refractivity contribution < 1.29 is 4.74 Å². The van der Waals surface area contributed by atoms with Crippen LogP contribution in [0.15, 0.2) is 18.5 Å². The first-order valence-corrected chi connectivity index (χ1v) is 4.64. The Morgan fingerprint density at radius 1 is 1.43 bits per heavy atom. The van der Waals surface area contributed by atoms with Gasteiger partial charge in [0.05, 0.1) is 30.4 Å². The number of pyridine rings is 1. The van der Waals surface area contributed by atoms with Gasteiger partial charge < -0.3 is 15.4 Å². The Balaban J connectivity index is 2.57. The van der Waals surface area contributed by atoms with E-state index in [1.165, 1.54) is 0 Å². The smallest absolute Gasteiger partial charge is 0.0661 e. The van der Waals surface area contributed by atoms with E-state index in [2.05, 4.69) is 22.5 Å². The zero-order valence-electron chi connectivity index (χ0n) is 8.87. The van der Waals surface area contributed by atoms with Gasteiger partial charge in [-0.25, -0.2) is 0 Å². The third-order valence-corrected chi connectivity index (χ3v) is 1.86. The molecule has 0 saturated carbocycles. The summed E-state index contributed by atoms with van der Waals surface area (Å²) in [5.41, 5.74) is 2.00. The van der Waals surface area contributed by atoms with Crippen molar-refractivity contribution in [2.24, 2.45) is 0 Å². The van der Waals surface area contributed by atoms with E-state index in [9.17, 15) is 0 Å². The van der Waals surface area contributed by atoms with Crippen molar-refractivity contribution in [2.75, 3.05) is 31.4 Å². The molecule has 2 N–H and O–H groups in total. The molecule has 0 aliphatic rings. The highest BCUT2D eigenvalue weighted by Crippen LogP contribution is 2.12. The summed E-state index contributed by atoms with van der Waals surface area (Å²) in [6.45, 7) is 2.75. The van der Waals surface area contributed by atoms with E-state index in [0.717, 1.165) is 11.4 Å². The summed E-state index contributed by atoms with van der Waals surface area (Å²) in [5, 5.41) is 6.33. The Hall–Kier alpha value is -1.29. The lowest BCUT2D eigenvalue weighted by atomic mass is 10.3. The molecule has 1 atom stereocenters. The first kappa shape index (κ1) is 10.8. The molecule has 1 aromatic rings. The Morgan fingerprint density at radius 2 is 2.14 bits per heavy atom. The molecule has 4 heteroatoms. The molecular formula is C10H17N3O. The molecule has 78 valence electrons. The Morgan fingerprint density at radius 3 is 2.79 bits per heavy atom. The third kappa shape index (κ3) is 3.22. The summed E-state index contributed by atoms with van der Waals surface area (Å²) in [5.74, 6) is 0. The number of methoxy groups -OCH3 is 1. The molecule has 0 radical (unpaired) electrons. The van der Waals surface area contributed by atoms with Gasteiger partial charge in [-0.2, -0.15) is 0 Å². The summed E-state index contributed by atoms with van der Waals surface area (Å²) in [4.78, 5) is 4.10. The Labute approximate surface area is 84.7 Å². The van der Waals surface area contributed by atoms with Crippen LogP contribution in [0.4, 0.5) is 11.4 Å². The van der Waals surface area contributed by atoms with Crippen LogP contribution in [0.3, 0.4) is 0 Å². The lowest BCUT2D eigenvalue weighted by molar-refractivity contribution is 0.190. The fraction of sp³-hybridized carbons (Fsp3) is 0.500. The van der Waals surface area contributed by atoms with Crippen LogP contribution in [-0.2, 0) is 4.74 Å². The highest BCUT2D eigenvalue weighted by Gasteiger charge is 2.01. The third-order valence-electron chi connectivity index (χ3n) is 1.86. The fourth-order valence-electron chi connectivity index (χ4n) is 1.23. The largest absolute Gasteiger partial charge is 0.387 e. The standard InChI is InChI=1S/C10H17N3O/c1-8(7-14-3)13-10-4-9(11-2)5-12-6-10/h4-6,8,11,13H,7H2,1-3H3. The van der Waals surface area contributed by atoms with E-state index >= 15 is 0 Å². The molecule has 1 heterocycles. The van der Waals surface area contributed by atoms with Crippen molar-refractivity contribution in [1.82, 2.24) is 4.98 Å². The molecular weight excluding hydrogens is 178 g/mol. The number of nitrogens with zero attached hydrogens (tertiary/aromatic N) is 1. The highest BCUT2D eigenvalue weighted by molar-refractivity contribution is 5.53. The van der Waals surface area contributed by atoms with Crippen LogP contribution >= 0.6 is 0 Å². The molecule has 0 aromatic carbocycles. The monoisotopic (exact) mass is 195 g/mol. The Kier molecular flexibility index (Phi) is 4.19. The molecule has 1 rings (SSSR count). The topological polar surface area (TPSA) is 46.2 Å². The minimum atomic E-state index is 0.286. The van der Waals surface area contributed by atoms with Crippen LogP contribution in [-0.4, -0.2) is 31.8 Å². The molecule has 0 saturated heterocycles. The van der Waals surface area contributed by atoms with Crippen LogP contribution in [0.5, 0.6) is 0 Å². The van der Waals surface area contributed by atoms with Gasteiger partial charge in [0.2, 0.25) is 0 Å². The minimum Gasteiger partial charge on any atom is -0.387 e. The van der Waals surface area contributed by atoms with Crippen LogP contribution in [0, 0.1) is 0 Å². The highest BCUT2D eigenvalue weighted by atomic mass is 16.5. The van der Waals surface area contributed by atoms with E-state index in [-0.39, 0.29) is 6.04 Å². The predicted octanol–water partition coefficient (Wildman–Crippen LogP) is 1.57. The fourth-order valence-corrected chi connectivity index (χ4v) is 1.23. The van der Waals surface area contributed by atoms with Gasteiger partial charge in [-0.1, -0.05) is 0 Å². The molecule has 0 amide bonds. The average molecular weight is 195 g/mol. The molecule has 0 fully saturated rings. The molecule has 0 aliphatic carbocycles. The number of aromatic nitrogens is 1. The van der Waals surface area contributed by atoms with Gasteiger partial charge in [0, 0.05) is 20.2 Å². The second kappa shape index (κ2) is 5.44. The molecule has 14 heavy (non-hydrogen) atoms. The molecule has 1 aromatic heterocycles. The number of ether oxygens (including phenoxy) is 1. The van der Waals surface area contributed by atoms with Gasteiger partial charge in [-0.15, -0.1) is 0 Å². The summed E-state index contributed by atoms with van der Waals surface area (Å²) in [6, 6.07) is 2.30. The van der Waals surface area contributed by atoms with E-state index in [0.29, 0.717) is 6.61 Å². The van der Waals surface area contributed by atoms with Gasteiger partial charge in [-0.05, 0) is 13.0 Å². The zero-order valence-corrected chi connectivity index (χ0v) is 8.87. The first-order chi connectivity index (χ1) is 6.76. The minimum absolute atomic E-state index is 0.286. The average Bonchev–Trinajstić information content (AvgIpc) is 2.18. The molecule has 0 aliphatic heterocycles. The van der Waals surface area contributed by atoms with Crippen molar-refractivity contribution in [1.29, 1.82) is 0 Å². The molecule has 1 unspecified atom stereocenters. The Bertz CT molecular complexity index is 278. The predicted molar refractivity (Wildman–Crippen MR) is 58.7 cm³/mol. The van der Waals surface area contributed by atoms with E-state index in [4.69, 9.17) is 4.74 Å². The SMILES string of the molecule is CNc1cncc(NC(C)COC)c1. The van der Waals surface area contributed by atoms with Crippen molar-refractivity contribution >= 4 is 11.4 Å². The lowest BCUT2D eigenvalue weighted by Crippen LogP contribution is -2.20. The van der Waals surface area contributed by atoms with Crippen LogP contribution in [0.25, 0.3) is 0 Å². The van der Waals surface area contributed by atoms with E-state index in [1.54, 1.807) is 19.5 Å². The van der Waals surface area contributed by atoms with Crippen molar-refractivity contribution in [3.8, 4) is 0 Å². The summed E-state index contributed by atoms with van der Waals surface area (Å²) in [6.07, 6.45) is 3.58. The summed E-state index contributed by atoms with van der Waals surface area (Å²) in [7, 11) is 3.57.